The summed E-state index contributed by atoms with van der Waals surface area (Å²) in [5, 5.41) is 0. The summed E-state index contributed by atoms with van der Waals surface area (Å²) >= 11 is 5.29. The molecule has 0 fully saturated rings. The molecule has 18 heavy (non-hydrogen) atoms. The van der Waals surface area contributed by atoms with Gasteiger partial charge >= 0.3 is 0 Å². The molecule has 0 aliphatic heterocycles. The highest BCUT2D eigenvalue weighted by atomic mass is 32.1. The summed E-state index contributed by atoms with van der Waals surface area (Å²) < 4.78 is 16.2. The summed E-state index contributed by atoms with van der Waals surface area (Å²) in [4.78, 5) is 5.28. The number of hydrogen-bond donors (Lipinski definition) is 1. The Morgan fingerprint density at radius 3 is 2.83 bits per heavy atom. The molecule has 1 heterocycles. The normalized spacial score (nSPS) is 11.6. The van der Waals surface area contributed by atoms with E-state index < -0.39 is 0 Å². The number of rotatable bonds is 4. The van der Waals surface area contributed by atoms with E-state index in [0.717, 1.165) is 30.7 Å². The van der Waals surface area contributed by atoms with Gasteiger partial charge in [-0.05, 0) is 50.4 Å². The molecule has 0 bridgehead atoms. The van der Waals surface area contributed by atoms with Gasteiger partial charge in [-0.3, -0.25) is 0 Å². The van der Waals surface area contributed by atoms with Crippen LogP contribution in [0.15, 0.2) is 12.1 Å². The molecule has 1 N–H and O–H groups in total. The van der Waals surface area contributed by atoms with Crippen molar-refractivity contribution in [2.45, 2.75) is 20.4 Å². The van der Waals surface area contributed by atoms with Gasteiger partial charge in [-0.2, -0.15) is 0 Å². The molecule has 0 atom stereocenters. The maximum Gasteiger partial charge on any atom is 0.178 e. The Morgan fingerprint density at radius 2 is 2.17 bits per heavy atom. The fourth-order valence-corrected chi connectivity index (χ4v) is 2.23. The Labute approximate surface area is 111 Å². The minimum Gasteiger partial charge on any atom is -0.330 e. The van der Waals surface area contributed by atoms with E-state index in [0.29, 0.717) is 10.3 Å². The molecule has 5 heteroatoms. The molecule has 0 unspecified atom stereocenters. The Kier molecular flexibility index (Phi) is 3.82. The largest absolute Gasteiger partial charge is 0.330 e. The summed E-state index contributed by atoms with van der Waals surface area (Å²) in [6.07, 6.45) is 0. The SMILES string of the molecule is CCN(C)CCn1c(=S)[nH]c2cc(F)c(C)cc21. The van der Waals surface area contributed by atoms with Crippen molar-refractivity contribution in [3.63, 3.8) is 0 Å². The topological polar surface area (TPSA) is 24.0 Å². The van der Waals surface area contributed by atoms with Gasteiger partial charge in [-0.1, -0.05) is 6.92 Å². The van der Waals surface area contributed by atoms with Crippen LogP contribution < -0.4 is 0 Å². The number of fused-ring (bicyclic) bond motifs is 1. The lowest BCUT2D eigenvalue weighted by molar-refractivity contribution is 0.336. The zero-order valence-electron chi connectivity index (χ0n) is 11.0. The summed E-state index contributed by atoms with van der Waals surface area (Å²) in [6.45, 7) is 6.63. The van der Waals surface area contributed by atoms with Gasteiger partial charge in [-0.25, -0.2) is 4.39 Å². The lowest BCUT2D eigenvalue weighted by atomic mass is 10.2. The molecule has 0 radical (unpaired) electrons. The quantitative estimate of drug-likeness (QED) is 0.861. The third kappa shape index (κ3) is 2.47. The minimum absolute atomic E-state index is 0.198. The van der Waals surface area contributed by atoms with Crippen LogP contribution in [0.4, 0.5) is 4.39 Å². The highest BCUT2D eigenvalue weighted by molar-refractivity contribution is 7.71. The highest BCUT2D eigenvalue weighted by Gasteiger charge is 2.08. The molecule has 1 aromatic carbocycles. The maximum absolute atomic E-state index is 13.5. The zero-order chi connectivity index (χ0) is 13.3. The molecule has 0 saturated heterocycles. The number of aromatic nitrogens is 2. The summed E-state index contributed by atoms with van der Waals surface area (Å²) in [7, 11) is 2.07. The van der Waals surface area contributed by atoms with Gasteiger partial charge in [0, 0.05) is 13.1 Å². The second-order valence-corrected chi connectivity index (χ2v) is 4.98. The van der Waals surface area contributed by atoms with Crippen molar-refractivity contribution >= 4 is 23.3 Å². The first-order valence-corrected chi connectivity index (χ1v) is 6.51. The Balaban J connectivity index is 2.41. The van der Waals surface area contributed by atoms with Crippen LogP contribution >= 0.6 is 12.2 Å². The van der Waals surface area contributed by atoms with Crippen molar-refractivity contribution in [3.8, 4) is 0 Å². The number of likely N-dealkylation sites (N-methyl/N-ethyl adjacent to an activating group) is 1. The molecule has 0 amide bonds. The molecule has 1 aromatic heterocycles. The predicted octanol–water partition coefficient (Wildman–Crippen LogP) is 3.10. The minimum atomic E-state index is -0.198. The average molecular weight is 267 g/mol. The molecule has 3 nitrogen and oxygen atoms in total. The van der Waals surface area contributed by atoms with Gasteiger partial charge in [0.25, 0.3) is 0 Å². The van der Waals surface area contributed by atoms with E-state index in [-0.39, 0.29) is 5.82 Å². The first kappa shape index (κ1) is 13.2. The zero-order valence-corrected chi connectivity index (χ0v) is 11.8. The first-order valence-electron chi connectivity index (χ1n) is 6.10. The number of aryl methyl sites for hydroxylation is 1. The number of imidazole rings is 1. The van der Waals surface area contributed by atoms with Crippen LogP contribution in [-0.2, 0) is 6.54 Å². The van der Waals surface area contributed by atoms with Crippen LogP contribution in [0.2, 0.25) is 0 Å². The number of aromatic amines is 1. The number of halogens is 1. The fourth-order valence-electron chi connectivity index (χ4n) is 1.93. The maximum atomic E-state index is 13.5. The standard InChI is InChI=1S/C13H18FN3S/c1-4-16(3)5-6-17-12-7-9(2)10(14)8-11(12)15-13(17)18/h7-8H,4-6H2,1-3H3,(H,15,18). The molecule has 0 aliphatic rings. The third-order valence-electron chi connectivity index (χ3n) is 3.30. The first-order chi connectivity index (χ1) is 8.52. The van der Waals surface area contributed by atoms with Crippen molar-refractivity contribution in [1.82, 2.24) is 14.5 Å². The van der Waals surface area contributed by atoms with Crippen molar-refractivity contribution in [1.29, 1.82) is 0 Å². The van der Waals surface area contributed by atoms with Gasteiger partial charge in [0.15, 0.2) is 4.77 Å². The number of benzene rings is 1. The van der Waals surface area contributed by atoms with Gasteiger partial charge in [0.05, 0.1) is 11.0 Å². The van der Waals surface area contributed by atoms with E-state index in [9.17, 15) is 4.39 Å². The van der Waals surface area contributed by atoms with Gasteiger partial charge in [0.1, 0.15) is 5.82 Å². The molecule has 0 saturated carbocycles. The van der Waals surface area contributed by atoms with E-state index >= 15 is 0 Å². The van der Waals surface area contributed by atoms with Crippen molar-refractivity contribution < 1.29 is 4.39 Å². The van der Waals surface area contributed by atoms with Gasteiger partial charge in [0.2, 0.25) is 0 Å². The molecule has 98 valence electrons. The van der Waals surface area contributed by atoms with E-state index in [1.54, 1.807) is 6.92 Å². The Morgan fingerprint density at radius 1 is 1.44 bits per heavy atom. The lowest BCUT2D eigenvalue weighted by Crippen LogP contribution is -2.22. The highest BCUT2D eigenvalue weighted by Crippen LogP contribution is 2.18. The van der Waals surface area contributed by atoms with E-state index in [1.807, 2.05) is 10.6 Å². The van der Waals surface area contributed by atoms with Crippen molar-refractivity contribution in [3.05, 3.63) is 28.3 Å². The second kappa shape index (κ2) is 5.20. The number of H-pyrrole nitrogens is 1. The molecule has 2 rings (SSSR count). The summed E-state index contributed by atoms with van der Waals surface area (Å²) in [5.41, 5.74) is 2.39. The molecule has 0 spiro atoms. The smallest absolute Gasteiger partial charge is 0.178 e. The number of nitrogens with one attached hydrogen (secondary N) is 1. The van der Waals surface area contributed by atoms with Crippen molar-refractivity contribution in [2.75, 3.05) is 20.1 Å². The van der Waals surface area contributed by atoms with Crippen LogP contribution in [0.1, 0.15) is 12.5 Å². The van der Waals surface area contributed by atoms with Crippen LogP contribution in [-0.4, -0.2) is 34.6 Å². The van der Waals surface area contributed by atoms with E-state index in [4.69, 9.17) is 12.2 Å². The van der Waals surface area contributed by atoms with Gasteiger partial charge < -0.3 is 14.5 Å². The van der Waals surface area contributed by atoms with Crippen LogP contribution in [0.3, 0.4) is 0 Å². The van der Waals surface area contributed by atoms with E-state index in [1.165, 1.54) is 6.07 Å². The molecule has 2 aromatic rings. The van der Waals surface area contributed by atoms with E-state index in [2.05, 4.69) is 23.9 Å². The molecular formula is C13H18FN3S. The number of hydrogen-bond acceptors (Lipinski definition) is 2. The fraction of sp³-hybridized carbons (Fsp3) is 0.462. The molecule has 0 aliphatic carbocycles. The van der Waals surface area contributed by atoms with Crippen LogP contribution in [0.25, 0.3) is 11.0 Å². The summed E-state index contributed by atoms with van der Waals surface area (Å²) in [5.74, 6) is -0.198. The third-order valence-corrected chi connectivity index (χ3v) is 3.62. The van der Waals surface area contributed by atoms with Crippen LogP contribution in [0.5, 0.6) is 0 Å². The predicted molar refractivity (Wildman–Crippen MR) is 75.0 cm³/mol. The molecular weight excluding hydrogens is 249 g/mol. The second-order valence-electron chi connectivity index (χ2n) is 4.60. The monoisotopic (exact) mass is 267 g/mol. The van der Waals surface area contributed by atoms with Gasteiger partial charge in [-0.15, -0.1) is 0 Å². The Bertz CT molecular complexity index is 614. The average Bonchev–Trinajstić information content (AvgIpc) is 2.62. The van der Waals surface area contributed by atoms with Crippen LogP contribution in [0, 0.1) is 17.5 Å². The number of nitrogens with zero attached hydrogens (tertiary/aromatic N) is 2. The Hall–Kier alpha value is -1.20. The lowest BCUT2D eigenvalue weighted by Gasteiger charge is -2.14. The van der Waals surface area contributed by atoms with Crippen molar-refractivity contribution in [2.24, 2.45) is 0 Å². The summed E-state index contributed by atoms with van der Waals surface area (Å²) in [6, 6.07) is 3.36.